The van der Waals surface area contributed by atoms with Crippen LogP contribution in [0.4, 0.5) is 0 Å². The van der Waals surface area contributed by atoms with Gasteiger partial charge in [0.15, 0.2) is 6.10 Å². The summed E-state index contributed by atoms with van der Waals surface area (Å²) >= 11 is 0. The number of hydrogen-bond acceptors (Lipinski definition) is 14. The lowest BCUT2D eigenvalue weighted by Crippen LogP contribution is -2.30. The summed E-state index contributed by atoms with van der Waals surface area (Å²) in [5, 5.41) is 20.6. The molecule has 0 fully saturated rings. The number of carbonyl (C=O) groups excluding carboxylic acids is 3. The van der Waals surface area contributed by atoms with Crippen LogP contribution in [0.5, 0.6) is 0 Å². The van der Waals surface area contributed by atoms with E-state index in [-0.39, 0.29) is 19.3 Å². The van der Waals surface area contributed by atoms with Crippen molar-refractivity contribution in [1.29, 1.82) is 0 Å². The lowest BCUT2D eigenvalue weighted by Gasteiger charge is -2.21. The second kappa shape index (κ2) is 74.4. The molecule has 0 rings (SSSR count). The Hall–Kier alpha value is -3.27. The SMILES string of the molecule is CC/C=C\C/C=C\C/C=C\C/C=C\C/C=C\CCCCCCCCCCCCCCCCCCCC(=O)OCC(O)COP(=O)(O)OCC(O)COP(=O)(O)OCC(COC(=O)CCCCCCC/C=C\C/C=C\CCCCC)OC(=O)CCCCCCCCCCCCCCCCC. The summed E-state index contributed by atoms with van der Waals surface area (Å²) in [5.74, 6) is -1.57. The molecule has 0 saturated heterocycles. The normalized spacial score (nSPS) is 14.5. The number of aliphatic hydroxyl groups is 2. The van der Waals surface area contributed by atoms with Gasteiger partial charge in [0.05, 0.1) is 26.4 Å². The quantitative estimate of drug-likeness (QED) is 0.0146. The van der Waals surface area contributed by atoms with Gasteiger partial charge < -0.3 is 34.2 Å². The smallest absolute Gasteiger partial charge is 0.463 e. The molecular formula is C81H146O16P2. The summed E-state index contributed by atoms with van der Waals surface area (Å²) in [6, 6.07) is 0. The third-order valence-corrected chi connectivity index (χ3v) is 19.0. The lowest BCUT2D eigenvalue weighted by atomic mass is 10.0. The second-order valence-corrected chi connectivity index (χ2v) is 29.8. The maximum absolute atomic E-state index is 12.9. The minimum absolute atomic E-state index is 0.107. The largest absolute Gasteiger partial charge is 0.472 e. The number of aliphatic hydroxyl groups excluding tert-OH is 2. The highest BCUT2D eigenvalue weighted by atomic mass is 31.2. The molecular weight excluding hydrogens is 1290 g/mol. The van der Waals surface area contributed by atoms with Crippen LogP contribution in [0, 0.1) is 0 Å². The van der Waals surface area contributed by atoms with Crippen molar-refractivity contribution in [3.8, 4) is 0 Å². The number of ether oxygens (including phenoxy) is 3. The van der Waals surface area contributed by atoms with E-state index in [2.05, 4.69) is 106 Å². The molecule has 0 radical (unpaired) electrons. The number of hydrogen-bond donors (Lipinski definition) is 4. The summed E-state index contributed by atoms with van der Waals surface area (Å²) in [4.78, 5) is 58.5. The van der Waals surface area contributed by atoms with Crippen molar-refractivity contribution in [3.05, 3.63) is 85.1 Å². The Morgan fingerprint density at radius 3 is 0.869 bits per heavy atom. The van der Waals surface area contributed by atoms with Crippen molar-refractivity contribution in [2.24, 2.45) is 0 Å². The lowest BCUT2D eigenvalue weighted by molar-refractivity contribution is -0.161. The van der Waals surface area contributed by atoms with E-state index in [0.717, 1.165) is 122 Å². The van der Waals surface area contributed by atoms with E-state index in [1.807, 2.05) is 0 Å². The molecule has 0 bridgehead atoms. The molecule has 0 aliphatic heterocycles. The first kappa shape index (κ1) is 95.7. The van der Waals surface area contributed by atoms with Crippen LogP contribution in [0.25, 0.3) is 0 Å². The van der Waals surface area contributed by atoms with Gasteiger partial charge >= 0.3 is 33.6 Å². The highest BCUT2D eigenvalue weighted by Gasteiger charge is 2.29. The molecule has 576 valence electrons. The first-order chi connectivity index (χ1) is 48.2. The van der Waals surface area contributed by atoms with Crippen molar-refractivity contribution in [3.63, 3.8) is 0 Å². The van der Waals surface area contributed by atoms with Gasteiger partial charge in [-0.3, -0.25) is 32.5 Å². The molecule has 18 heteroatoms. The summed E-state index contributed by atoms with van der Waals surface area (Å²) in [6.45, 7) is 2.58. The Bertz CT molecular complexity index is 2140. The zero-order valence-electron chi connectivity index (χ0n) is 62.9. The first-order valence-electron chi connectivity index (χ1n) is 39.9. The van der Waals surface area contributed by atoms with Gasteiger partial charge in [0.2, 0.25) is 0 Å². The first-order valence-corrected chi connectivity index (χ1v) is 42.9. The Morgan fingerprint density at radius 2 is 0.535 bits per heavy atom. The molecule has 0 amide bonds. The maximum atomic E-state index is 12.9. The standard InChI is InChI=1S/C81H146O16P2/c1-4-7-10-13-16-19-22-25-28-29-30-31-32-33-34-35-36-37-38-39-40-41-42-43-44-45-48-50-52-55-58-61-64-67-79(84)91-70-76(82)71-93-98(87,88)94-72-77(83)73-95-99(89,90)96-75-78(97-81(86)69-66-63-60-57-54-51-47-27-24-21-18-15-12-9-6-3)74-92-80(85)68-65-62-59-56-53-49-46-26-23-20-17-14-11-8-5-2/h7,10,16-17,19-20,25-26,28,30-31,33-34,46,76-78,82-83H,4-6,8-9,11-15,18,21-24,27,29,32,35-45,47-75H2,1-3H3,(H,87,88)(H,89,90)/b10-7-,19-16-,20-17-,28-25-,31-30-,34-33-,46-26-. The topological polar surface area (TPSA) is 231 Å². The fraction of sp³-hybridized carbons (Fsp3) is 0.790. The summed E-state index contributed by atoms with van der Waals surface area (Å²) < 4.78 is 61.1. The summed E-state index contributed by atoms with van der Waals surface area (Å²) in [6.07, 6.45) is 83.6. The van der Waals surface area contributed by atoms with Gasteiger partial charge in [-0.2, -0.15) is 0 Å². The zero-order chi connectivity index (χ0) is 72.3. The number of phosphoric acid groups is 2. The molecule has 5 atom stereocenters. The van der Waals surface area contributed by atoms with E-state index < -0.39 is 91.5 Å². The van der Waals surface area contributed by atoms with E-state index in [1.54, 1.807) is 0 Å². The molecule has 0 aromatic heterocycles. The molecule has 99 heavy (non-hydrogen) atoms. The van der Waals surface area contributed by atoms with Crippen LogP contribution in [0.2, 0.25) is 0 Å². The number of rotatable bonds is 76. The van der Waals surface area contributed by atoms with Crippen LogP contribution in [0.15, 0.2) is 85.1 Å². The van der Waals surface area contributed by atoms with E-state index in [4.69, 9.17) is 32.3 Å². The Balaban J connectivity index is 4.37. The number of phosphoric ester groups is 2. The molecule has 0 saturated carbocycles. The number of esters is 3. The molecule has 0 spiro atoms. The zero-order valence-corrected chi connectivity index (χ0v) is 64.7. The van der Waals surface area contributed by atoms with E-state index in [0.29, 0.717) is 19.3 Å². The Labute approximate surface area is 604 Å². The minimum atomic E-state index is -4.92. The van der Waals surface area contributed by atoms with Crippen LogP contribution in [0.3, 0.4) is 0 Å². The summed E-state index contributed by atoms with van der Waals surface area (Å²) in [5.41, 5.74) is 0. The van der Waals surface area contributed by atoms with Crippen molar-refractivity contribution in [2.75, 3.05) is 39.6 Å². The van der Waals surface area contributed by atoms with Crippen molar-refractivity contribution < 1.29 is 75.8 Å². The van der Waals surface area contributed by atoms with Crippen molar-refractivity contribution in [2.45, 2.75) is 373 Å². The van der Waals surface area contributed by atoms with Crippen LogP contribution in [0.1, 0.15) is 355 Å². The fourth-order valence-electron chi connectivity index (χ4n) is 11.0. The third kappa shape index (κ3) is 75.7. The van der Waals surface area contributed by atoms with Gasteiger partial charge in [0.25, 0.3) is 0 Å². The monoisotopic (exact) mass is 1440 g/mol. The van der Waals surface area contributed by atoms with Crippen LogP contribution < -0.4 is 0 Å². The molecule has 16 nitrogen and oxygen atoms in total. The molecule has 0 aliphatic rings. The van der Waals surface area contributed by atoms with E-state index >= 15 is 0 Å². The molecule has 5 unspecified atom stereocenters. The maximum Gasteiger partial charge on any atom is 0.472 e. The van der Waals surface area contributed by atoms with Gasteiger partial charge in [-0.05, 0) is 96.3 Å². The molecule has 0 aromatic rings. The van der Waals surface area contributed by atoms with Gasteiger partial charge in [-0.25, -0.2) is 9.13 Å². The van der Waals surface area contributed by atoms with Gasteiger partial charge in [-0.15, -0.1) is 0 Å². The number of allylic oxidation sites excluding steroid dienone is 14. The van der Waals surface area contributed by atoms with Crippen LogP contribution in [-0.4, -0.2) is 95.9 Å². The number of carbonyl (C=O) groups is 3. The van der Waals surface area contributed by atoms with Gasteiger partial charge in [0.1, 0.15) is 25.4 Å². The molecule has 4 N–H and O–H groups in total. The molecule has 0 heterocycles. The van der Waals surface area contributed by atoms with Crippen molar-refractivity contribution >= 4 is 33.6 Å². The Morgan fingerprint density at radius 1 is 0.293 bits per heavy atom. The average Bonchev–Trinajstić information content (AvgIpc) is 1.43. The van der Waals surface area contributed by atoms with Crippen LogP contribution in [-0.2, 0) is 55.8 Å². The average molecular weight is 1440 g/mol. The van der Waals surface area contributed by atoms with E-state index in [1.165, 1.54) is 173 Å². The minimum Gasteiger partial charge on any atom is -0.463 e. The molecule has 0 aromatic carbocycles. The van der Waals surface area contributed by atoms with Crippen LogP contribution >= 0.6 is 15.6 Å². The van der Waals surface area contributed by atoms with Gasteiger partial charge in [0, 0.05) is 19.3 Å². The highest BCUT2D eigenvalue weighted by molar-refractivity contribution is 7.47. The predicted molar refractivity (Wildman–Crippen MR) is 408 cm³/mol. The number of unbranched alkanes of at least 4 members (excludes halogenated alkanes) is 39. The summed E-state index contributed by atoms with van der Waals surface area (Å²) in [7, 11) is -9.77. The molecule has 0 aliphatic carbocycles. The van der Waals surface area contributed by atoms with Crippen molar-refractivity contribution in [1.82, 2.24) is 0 Å². The highest BCUT2D eigenvalue weighted by Crippen LogP contribution is 2.45. The van der Waals surface area contributed by atoms with Gasteiger partial charge in [-0.1, -0.05) is 324 Å². The third-order valence-electron chi connectivity index (χ3n) is 17.1. The second-order valence-electron chi connectivity index (χ2n) is 26.8. The predicted octanol–water partition coefficient (Wildman–Crippen LogP) is 23.2. The Kier molecular flexibility index (Phi) is 72.0. The fourth-order valence-corrected chi connectivity index (χ4v) is 12.6. The van der Waals surface area contributed by atoms with E-state index in [9.17, 15) is 43.5 Å².